The van der Waals surface area contributed by atoms with Crippen LogP contribution in [0.1, 0.15) is 33.3 Å². The molecule has 7 nitrogen and oxygen atoms in total. The van der Waals surface area contributed by atoms with Gasteiger partial charge in [0, 0.05) is 0 Å². The SMILES string of the molecule is CC(C)(C)OC(=O)Oc1ccc(C2(C)NC(=O)N(c3ccc(Cl)c(Cl)c3)C2=O)cc1. The standard InChI is InChI=1S/C21H20Cl2N2O5/c1-20(2,3)30-19(28)29-14-8-5-12(6-9-14)21(4)17(26)25(18(27)24-21)13-7-10-15(22)16(23)11-13/h5-11H,1-4H3,(H,24,27). The Bertz CT molecular complexity index is 1020. The molecule has 1 N–H and O–H groups in total. The zero-order valence-corrected chi connectivity index (χ0v) is 18.3. The first kappa shape index (κ1) is 21.9. The molecule has 1 aliphatic heterocycles. The number of carbonyl (C=O) groups excluding carboxylic acids is 3. The lowest BCUT2D eigenvalue weighted by Gasteiger charge is -2.23. The van der Waals surface area contributed by atoms with Gasteiger partial charge in [-0.2, -0.15) is 0 Å². The van der Waals surface area contributed by atoms with Gasteiger partial charge in [-0.25, -0.2) is 14.5 Å². The van der Waals surface area contributed by atoms with Gasteiger partial charge < -0.3 is 14.8 Å². The van der Waals surface area contributed by atoms with Crippen molar-refractivity contribution in [1.29, 1.82) is 0 Å². The summed E-state index contributed by atoms with van der Waals surface area (Å²) >= 11 is 11.9. The molecule has 30 heavy (non-hydrogen) atoms. The second-order valence-electron chi connectivity index (χ2n) is 7.89. The number of anilines is 1. The summed E-state index contributed by atoms with van der Waals surface area (Å²) in [6, 6.07) is 10.1. The summed E-state index contributed by atoms with van der Waals surface area (Å²) in [5.41, 5.74) is -1.17. The lowest BCUT2D eigenvalue weighted by molar-refractivity contribution is -0.121. The van der Waals surface area contributed by atoms with E-state index in [-0.39, 0.29) is 10.8 Å². The minimum atomic E-state index is -1.31. The van der Waals surface area contributed by atoms with Gasteiger partial charge in [0.15, 0.2) is 0 Å². The Morgan fingerprint density at radius 1 is 1.03 bits per heavy atom. The topological polar surface area (TPSA) is 84.9 Å². The zero-order chi connectivity index (χ0) is 22.3. The van der Waals surface area contributed by atoms with Gasteiger partial charge in [0.1, 0.15) is 16.9 Å². The molecule has 3 rings (SSSR count). The number of hydrogen-bond donors (Lipinski definition) is 1. The van der Waals surface area contributed by atoms with E-state index >= 15 is 0 Å². The van der Waals surface area contributed by atoms with Crippen molar-refractivity contribution in [2.45, 2.75) is 38.8 Å². The Balaban J connectivity index is 1.81. The van der Waals surface area contributed by atoms with Crippen molar-refractivity contribution in [2.75, 3.05) is 4.90 Å². The highest BCUT2D eigenvalue weighted by atomic mass is 35.5. The number of urea groups is 1. The van der Waals surface area contributed by atoms with Crippen molar-refractivity contribution in [1.82, 2.24) is 5.32 Å². The second-order valence-corrected chi connectivity index (χ2v) is 8.70. The highest BCUT2D eigenvalue weighted by Gasteiger charge is 2.49. The van der Waals surface area contributed by atoms with Crippen LogP contribution in [-0.2, 0) is 15.1 Å². The van der Waals surface area contributed by atoms with E-state index in [9.17, 15) is 14.4 Å². The molecular weight excluding hydrogens is 431 g/mol. The minimum Gasteiger partial charge on any atom is -0.428 e. The van der Waals surface area contributed by atoms with Gasteiger partial charge in [0.05, 0.1) is 15.7 Å². The fourth-order valence-electron chi connectivity index (χ4n) is 2.92. The first-order valence-corrected chi connectivity index (χ1v) is 9.79. The molecule has 3 amide bonds. The van der Waals surface area contributed by atoms with Crippen molar-refractivity contribution in [3.05, 3.63) is 58.1 Å². The van der Waals surface area contributed by atoms with Gasteiger partial charge in [-0.1, -0.05) is 35.3 Å². The fourth-order valence-corrected chi connectivity index (χ4v) is 3.21. The third kappa shape index (κ3) is 4.37. The molecule has 9 heteroatoms. The summed E-state index contributed by atoms with van der Waals surface area (Å²) in [5, 5.41) is 3.24. The molecule has 1 saturated heterocycles. The predicted octanol–water partition coefficient (Wildman–Crippen LogP) is 5.28. The summed E-state index contributed by atoms with van der Waals surface area (Å²) in [6.07, 6.45) is -0.836. The number of hydrogen-bond acceptors (Lipinski definition) is 5. The molecule has 1 unspecified atom stereocenters. The van der Waals surface area contributed by atoms with E-state index in [0.29, 0.717) is 16.3 Å². The number of amides is 3. The highest BCUT2D eigenvalue weighted by Crippen LogP contribution is 2.35. The van der Waals surface area contributed by atoms with Crippen molar-refractivity contribution in [3.8, 4) is 5.75 Å². The van der Waals surface area contributed by atoms with E-state index in [4.69, 9.17) is 32.7 Å². The van der Waals surface area contributed by atoms with Crippen LogP contribution < -0.4 is 15.0 Å². The molecule has 1 fully saturated rings. The smallest absolute Gasteiger partial charge is 0.428 e. The maximum Gasteiger partial charge on any atom is 0.514 e. The third-order valence-electron chi connectivity index (χ3n) is 4.37. The highest BCUT2D eigenvalue weighted by molar-refractivity contribution is 6.42. The zero-order valence-electron chi connectivity index (χ0n) is 16.8. The maximum absolute atomic E-state index is 13.1. The molecule has 0 aromatic heterocycles. The van der Waals surface area contributed by atoms with Crippen LogP contribution in [-0.4, -0.2) is 23.7 Å². The summed E-state index contributed by atoms with van der Waals surface area (Å²) in [7, 11) is 0. The van der Waals surface area contributed by atoms with E-state index < -0.39 is 29.2 Å². The van der Waals surface area contributed by atoms with E-state index in [2.05, 4.69) is 5.32 Å². The average molecular weight is 451 g/mol. The van der Waals surface area contributed by atoms with Crippen LogP contribution in [0.5, 0.6) is 5.75 Å². The fraction of sp³-hybridized carbons (Fsp3) is 0.286. The van der Waals surface area contributed by atoms with Crippen LogP contribution in [0.3, 0.4) is 0 Å². The molecule has 0 aliphatic carbocycles. The van der Waals surface area contributed by atoms with Gasteiger partial charge in [-0.3, -0.25) is 4.79 Å². The minimum absolute atomic E-state index is 0.229. The van der Waals surface area contributed by atoms with Gasteiger partial charge in [0.25, 0.3) is 5.91 Å². The molecule has 1 atom stereocenters. The summed E-state index contributed by atoms with van der Waals surface area (Å²) in [5.74, 6) is -0.235. The third-order valence-corrected chi connectivity index (χ3v) is 5.11. The molecule has 0 radical (unpaired) electrons. The molecule has 2 aromatic carbocycles. The van der Waals surface area contributed by atoms with Gasteiger partial charge in [0.2, 0.25) is 0 Å². The molecule has 158 valence electrons. The number of nitrogens with zero attached hydrogens (tertiary/aromatic N) is 1. The van der Waals surface area contributed by atoms with Crippen molar-refractivity contribution in [2.24, 2.45) is 0 Å². The largest absolute Gasteiger partial charge is 0.514 e. The van der Waals surface area contributed by atoms with E-state index in [1.165, 1.54) is 30.3 Å². The normalized spacial score (nSPS) is 18.9. The molecule has 0 bridgehead atoms. The summed E-state index contributed by atoms with van der Waals surface area (Å²) in [6.45, 7) is 6.78. The van der Waals surface area contributed by atoms with Crippen LogP contribution in [0, 0.1) is 0 Å². The Hall–Kier alpha value is -2.77. The number of carbonyl (C=O) groups is 3. The van der Waals surface area contributed by atoms with Crippen LogP contribution in [0.15, 0.2) is 42.5 Å². The molecular formula is C21H20Cl2N2O5. The predicted molar refractivity (Wildman–Crippen MR) is 113 cm³/mol. The summed E-state index contributed by atoms with van der Waals surface area (Å²) in [4.78, 5) is 38.5. The van der Waals surface area contributed by atoms with Crippen LogP contribution in [0.2, 0.25) is 10.0 Å². The van der Waals surface area contributed by atoms with E-state index in [1.807, 2.05) is 0 Å². The monoisotopic (exact) mass is 450 g/mol. The lowest BCUT2D eigenvalue weighted by atomic mass is 9.92. The van der Waals surface area contributed by atoms with E-state index in [0.717, 1.165) is 4.90 Å². The molecule has 0 spiro atoms. The summed E-state index contributed by atoms with van der Waals surface area (Å²) < 4.78 is 10.2. The molecule has 0 saturated carbocycles. The first-order valence-electron chi connectivity index (χ1n) is 9.04. The lowest BCUT2D eigenvalue weighted by Crippen LogP contribution is -2.40. The average Bonchev–Trinajstić information content (AvgIpc) is 2.86. The molecule has 1 aliphatic rings. The first-order chi connectivity index (χ1) is 13.9. The van der Waals surface area contributed by atoms with Crippen LogP contribution >= 0.6 is 23.2 Å². The van der Waals surface area contributed by atoms with Crippen molar-refractivity contribution < 1.29 is 23.9 Å². The Morgan fingerprint density at radius 2 is 1.67 bits per heavy atom. The van der Waals surface area contributed by atoms with Gasteiger partial charge in [-0.05, 0) is 63.6 Å². The van der Waals surface area contributed by atoms with E-state index in [1.54, 1.807) is 39.8 Å². The molecule has 1 heterocycles. The molecule has 2 aromatic rings. The second kappa shape index (κ2) is 7.81. The van der Waals surface area contributed by atoms with Gasteiger partial charge in [-0.15, -0.1) is 0 Å². The number of halogens is 2. The van der Waals surface area contributed by atoms with Gasteiger partial charge >= 0.3 is 12.2 Å². The maximum atomic E-state index is 13.1. The Labute approximate surface area is 183 Å². The van der Waals surface area contributed by atoms with Crippen molar-refractivity contribution >= 4 is 47.0 Å². The number of ether oxygens (including phenoxy) is 2. The Morgan fingerprint density at radius 3 is 2.23 bits per heavy atom. The number of nitrogens with one attached hydrogen (secondary N) is 1. The number of benzene rings is 2. The van der Waals surface area contributed by atoms with Crippen LogP contribution in [0.25, 0.3) is 0 Å². The van der Waals surface area contributed by atoms with Crippen molar-refractivity contribution in [3.63, 3.8) is 0 Å². The number of imide groups is 1. The quantitative estimate of drug-likeness (QED) is 0.390. The van der Waals surface area contributed by atoms with Crippen LogP contribution in [0.4, 0.5) is 15.3 Å². The number of rotatable bonds is 3. The Kier molecular flexibility index (Phi) is 5.71.